The second-order valence-corrected chi connectivity index (χ2v) is 8.97. The highest BCUT2D eigenvalue weighted by molar-refractivity contribution is 6.31. The molecule has 1 aromatic heterocycles. The molecule has 1 aromatic carbocycles. The predicted molar refractivity (Wildman–Crippen MR) is 123 cm³/mol. The van der Waals surface area contributed by atoms with Gasteiger partial charge in [-0.2, -0.15) is 9.97 Å². The average Bonchev–Trinajstić information content (AvgIpc) is 2.83. The Morgan fingerprint density at radius 3 is 2.78 bits per heavy atom. The Morgan fingerprint density at radius 1 is 1.22 bits per heavy atom. The van der Waals surface area contributed by atoms with Crippen molar-refractivity contribution in [3.63, 3.8) is 0 Å². The Hall–Kier alpha value is -2.80. The maximum atomic E-state index is 12.0. The molecule has 32 heavy (non-hydrogen) atoms. The third-order valence-corrected chi connectivity index (χ3v) is 7.14. The fourth-order valence-corrected chi connectivity index (χ4v) is 5.61. The SMILES string of the molecule is C=CC(=O)N1CCN(c2nc(OC)nc3c2CCC2(CCCc4cccc(Cl)c42)O3)CC1. The molecule has 2 aromatic rings. The smallest absolute Gasteiger partial charge is 0.321 e. The van der Waals surface area contributed by atoms with Crippen molar-refractivity contribution >= 4 is 23.3 Å². The Labute approximate surface area is 193 Å². The molecule has 2 aliphatic heterocycles. The minimum atomic E-state index is -0.468. The van der Waals surface area contributed by atoms with Gasteiger partial charge < -0.3 is 19.3 Å². The van der Waals surface area contributed by atoms with Gasteiger partial charge in [0, 0.05) is 36.8 Å². The summed E-state index contributed by atoms with van der Waals surface area (Å²) in [5, 5.41) is 0.759. The number of carbonyl (C=O) groups is 1. The third-order valence-electron chi connectivity index (χ3n) is 6.83. The number of ether oxygens (including phenoxy) is 2. The summed E-state index contributed by atoms with van der Waals surface area (Å²) in [6.45, 7) is 6.21. The maximum Gasteiger partial charge on any atom is 0.321 e. The minimum Gasteiger partial charge on any atom is -0.467 e. The summed E-state index contributed by atoms with van der Waals surface area (Å²) in [6, 6.07) is 6.40. The lowest BCUT2D eigenvalue weighted by Crippen LogP contribution is -2.49. The number of hydrogen-bond acceptors (Lipinski definition) is 6. The molecule has 1 amide bonds. The molecule has 8 heteroatoms. The molecule has 1 fully saturated rings. The zero-order valence-electron chi connectivity index (χ0n) is 18.3. The molecule has 1 atom stereocenters. The molecule has 1 saturated heterocycles. The lowest BCUT2D eigenvalue weighted by molar-refractivity contribution is -0.126. The van der Waals surface area contributed by atoms with Gasteiger partial charge in [-0.1, -0.05) is 30.3 Å². The predicted octanol–water partition coefficient (Wildman–Crippen LogP) is 3.53. The van der Waals surface area contributed by atoms with E-state index >= 15 is 0 Å². The van der Waals surface area contributed by atoms with Gasteiger partial charge in [0.1, 0.15) is 11.4 Å². The largest absolute Gasteiger partial charge is 0.467 e. The van der Waals surface area contributed by atoms with Crippen LogP contribution in [0, 0.1) is 0 Å². The number of piperazine rings is 1. The summed E-state index contributed by atoms with van der Waals surface area (Å²) in [5.41, 5.74) is 2.90. The van der Waals surface area contributed by atoms with Crippen molar-refractivity contribution in [3.8, 4) is 11.9 Å². The summed E-state index contributed by atoms with van der Waals surface area (Å²) in [6.07, 6.45) is 5.97. The van der Waals surface area contributed by atoms with Crippen molar-refractivity contribution in [2.75, 3.05) is 38.2 Å². The van der Waals surface area contributed by atoms with Crippen LogP contribution in [0.3, 0.4) is 0 Å². The first-order valence-corrected chi connectivity index (χ1v) is 11.5. The monoisotopic (exact) mass is 454 g/mol. The van der Waals surface area contributed by atoms with Gasteiger partial charge in [-0.15, -0.1) is 0 Å². The number of carbonyl (C=O) groups excluding carboxylic acids is 1. The van der Waals surface area contributed by atoms with Gasteiger partial charge in [-0.05, 0) is 49.8 Å². The van der Waals surface area contributed by atoms with Crippen LogP contribution in [0.1, 0.15) is 36.0 Å². The number of nitrogens with zero attached hydrogens (tertiary/aromatic N) is 4. The number of methoxy groups -OCH3 is 1. The molecule has 7 nitrogen and oxygen atoms in total. The second-order valence-electron chi connectivity index (χ2n) is 8.56. The van der Waals surface area contributed by atoms with Crippen molar-refractivity contribution in [1.29, 1.82) is 0 Å². The molecule has 1 unspecified atom stereocenters. The van der Waals surface area contributed by atoms with Crippen molar-refractivity contribution in [3.05, 3.63) is 52.6 Å². The Morgan fingerprint density at radius 2 is 2.03 bits per heavy atom. The summed E-state index contributed by atoms with van der Waals surface area (Å²) < 4.78 is 12.1. The average molecular weight is 455 g/mol. The number of amides is 1. The van der Waals surface area contributed by atoms with E-state index in [0.29, 0.717) is 32.1 Å². The second kappa shape index (κ2) is 8.28. The van der Waals surface area contributed by atoms with Crippen LogP contribution in [-0.2, 0) is 23.2 Å². The molecule has 1 aliphatic carbocycles. The van der Waals surface area contributed by atoms with Gasteiger partial charge in [0.2, 0.25) is 11.8 Å². The standard InChI is InChI=1S/C24H27ClN4O3/c1-3-19(30)28-12-14-29(15-13-28)21-17-9-11-24(32-22(17)27-23(26-21)31-2)10-5-7-16-6-4-8-18(25)20(16)24/h3-4,6,8H,1,5,7,9-15H2,2H3. The van der Waals surface area contributed by atoms with E-state index in [9.17, 15) is 4.79 Å². The number of fused-ring (bicyclic) bond motifs is 3. The molecule has 0 bridgehead atoms. The van der Waals surface area contributed by atoms with E-state index in [-0.39, 0.29) is 11.9 Å². The summed E-state index contributed by atoms with van der Waals surface area (Å²) in [4.78, 5) is 25.2. The van der Waals surface area contributed by atoms with Gasteiger partial charge in [-0.25, -0.2) is 0 Å². The number of halogens is 1. The van der Waals surface area contributed by atoms with E-state index in [4.69, 9.17) is 21.1 Å². The van der Waals surface area contributed by atoms with Crippen LogP contribution in [0.2, 0.25) is 5.02 Å². The molecule has 0 radical (unpaired) electrons. The Balaban J connectivity index is 1.49. The van der Waals surface area contributed by atoms with Crippen LogP contribution < -0.4 is 14.4 Å². The van der Waals surface area contributed by atoms with Crippen LogP contribution in [0.15, 0.2) is 30.9 Å². The number of benzene rings is 1. The van der Waals surface area contributed by atoms with Gasteiger partial charge in [-0.3, -0.25) is 4.79 Å². The van der Waals surface area contributed by atoms with Crippen LogP contribution in [0.25, 0.3) is 0 Å². The highest BCUT2D eigenvalue weighted by Gasteiger charge is 2.44. The van der Waals surface area contributed by atoms with Gasteiger partial charge in [0.25, 0.3) is 0 Å². The van der Waals surface area contributed by atoms with E-state index < -0.39 is 5.60 Å². The topological polar surface area (TPSA) is 67.8 Å². The van der Waals surface area contributed by atoms with Crippen LogP contribution in [0.4, 0.5) is 5.82 Å². The first-order chi connectivity index (χ1) is 15.5. The van der Waals surface area contributed by atoms with Crippen molar-refractivity contribution < 1.29 is 14.3 Å². The molecule has 1 spiro atoms. The number of aryl methyl sites for hydroxylation is 1. The van der Waals surface area contributed by atoms with E-state index in [1.807, 2.05) is 12.1 Å². The zero-order chi connectivity index (χ0) is 22.3. The molecule has 168 valence electrons. The minimum absolute atomic E-state index is 0.0370. The fraction of sp³-hybridized carbons (Fsp3) is 0.458. The van der Waals surface area contributed by atoms with Crippen LogP contribution >= 0.6 is 11.6 Å². The quantitative estimate of drug-likeness (QED) is 0.661. The molecule has 3 heterocycles. The highest BCUT2D eigenvalue weighted by atomic mass is 35.5. The van der Waals surface area contributed by atoms with Crippen LogP contribution in [-0.4, -0.2) is 54.1 Å². The van der Waals surface area contributed by atoms with Crippen molar-refractivity contribution in [2.45, 2.75) is 37.7 Å². The first kappa shape index (κ1) is 21.1. The van der Waals surface area contributed by atoms with Crippen molar-refractivity contribution in [2.24, 2.45) is 0 Å². The fourth-order valence-electron chi connectivity index (χ4n) is 5.25. The number of rotatable bonds is 3. The molecular formula is C24H27ClN4O3. The van der Waals surface area contributed by atoms with Gasteiger partial charge in [0.15, 0.2) is 0 Å². The Kier molecular flexibility index (Phi) is 5.45. The summed E-state index contributed by atoms with van der Waals surface area (Å²) in [5.74, 6) is 1.38. The van der Waals surface area contributed by atoms with E-state index in [1.54, 1.807) is 12.0 Å². The molecular weight excluding hydrogens is 428 g/mol. The normalized spacial score (nSPS) is 22.1. The van der Waals surface area contributed by atoms with E-state index in [0.717, 1.165) is 54.1 Å². The molecule has 3 aliphatic rings. The van der Waals surface area contributed by atoms with Gasteiger partial charge >= 0.3 is 6.01 Å². The summed E-state index contributed by atoms with van der Waals surface area (Å²) in [7, 11) is 1.57. The third kappa shape index (κ3) is 3.48. The van der Waals surface area contributed by atoms with Crippen LogP contribution in [0.5, 0.6) is 11.9 Å². The molecule has 0 saturated carbocycles. The number of aromatic nitrogens is 2. The van der Waals surface area contributed by atoms with Gasteiger partial charge in [0.05, 0.1) is 12.7 Å². The molecule has 5 rings (SSSR count). The van der Waals surface area contributed by atoms with Crippen molar-refractivity contribution in [1.82, 2.24) is 14.9 Å². The lowest BCUT2D eigenvalue weighted by atomic mass is 9.75. The van der Waals surface area contributed by atoms with E-state index in [1.165, 1.54) is 11.6 Å². The lowest BCUT2D eigenvalue weighted by Gasteiger charge is -2.43. The number of hydrogen-bond donors (Lipinski definition) is 0. The first-order valence-electron chi connectivity index (χ1n) is 11.1. The maximum absolute atomic E-state index is 12.0. The molecule has 0 N–H and O–H groups in total. The Bertz CT molecular complexity index is 1070. The van der Waals surface area contributed by atoms with E-state index in [2.05, 4.69) is 27.5 Å². The summed E-state index contributed by atoms with van der Waals surface area (Å²) >= 11 is 6.67. The zero-order valence-corrected chi connectivity index (χ0v) is 19.0. The number of anilines is 1. The highest BCUT2D eigenvalue weighted by Crippen LogP contribution is 2.49.